The molecule has 0 saturated carbocycles. The topological polar surface area (TPSA) is 49.6 Å². The predicted molar refractivity (Wildman–Crippen MR) is 113 cm³/mol. The Morgan fingerprint density at radius 1 is 1.15 bits per heavy atom. The summed E-state index contributed by atoms with van der Waals surface area (Å²) in [5.41, 5.74) is 3.15. The number of nitrogens with zero attached hydrogens (tertiary/aromatic N) is 3. The maximum atomic E-state index is 12.9. The van der Waals surface area contributed by atoms with E-state index in [1.165, 1.54) is 23.2 Å². The van der Waals surface area contributed by atoms with Crippen molar-refractivity contribution >= 4 is 34.8 Å². The van der Waals surface area contributed by atoms with Gasteiger partial charge in [-0.15, -0.1) is 23.7 Å². The second-order valence-corrected chi connectivity index (χ2v) is 7.31. The van der Waals surface area contributed by atoms with Gasteiger partial charge >= 0.3 is 0 Å². The number of hydrogen-bond donors (Lipinski definition) is 0. The zero-order chi connectivity index (χ0) is 18.5. The highest BCUT2D eigenvalue weighted by atomic mass is 35.5. The Balaban J connectivity index is 0.00000261. The van der Waals surface area contributed by atoms with E-state index in [2.05, 4.69) is 36.1 Å². The van der Waals surface area contributed by atoms with Crippen molar-refractivity contribution < 1.29 is 9.21 Å². The Bertz CT molecular complexity index is 845. The monoisotopic (exact) mass is 405 g/mol. The van der Waals surface area contributed by atoms with Crippen LogP contribution in [-0.4, -0.2) is 43.0 Å². The molecule has 0 spiro atoms. The lowest BCUT2D eigenvalue weighted by Crippen LogP contribution is -2.33. The van der Waals surface area contributed by atoms with E-state index in [0.29, 0.717) is 17.4 Å². The van der Waals surface area contributed by atoms with E-state index >= 15 is 0 Å². The lowest BCUT2D eigenvalue weighted by atomic mass is 10.1. The van der Waals surface area contributed by atoms with Crippen LogP contribution in [0.5, 0.6) is 0 Å². The van der Waals surface area contributed by atoms with E-state index in [-0.39, 0.29) is 18.3 Å². The zero-order valence-corrected chi connectivity index (χ0v) is 17.3. The molecular formula is C20H24ClN3O2S. The minimum atomic E-state index is -0.154. The number of anilines is 1. The molecular weight excluding hydrogens is 382 g/mol. The Hall–Kier alpha value is -2.15. The van der Waals surface area contributed by atoms with Crippen molar-refractivity contribution in [2.45, 2.75) is 13.3 Å². The number of furan rings is 1. The van der Waals surface area contributed by atoms with Crippen molar-refractivity contribution in [3.05, 3.63) is 59.4 Å². The molecule has 3 aromatic rings. The summed E-state index contributed by atoms with van der Waals surface area (Å²) in [4.78, 5) is 21.4. The maximum absolute atomic E-state index is 12.9. The van der Waals surface area contributed by atoms with Gasteiger partial charge in [0.15, 0.2) is 10.9 Å². The molecule has 0 aliphatic heterocycles. The summed E-state index contributed by atoms with van der Waals surface area (Å²) in [6, 6.07) is 11.7. The Morgan fingerprint density at radius 3 is 2.52 bits per heavy atom. The average Bonchev–Trinajstić information content (AvgIpc) is 3.30. The quantitative estimate of drug-likeness (QED) is 0.570. The minimum absolute atomic E-state index is 0. The molecule has 0 saturated heterocycles. The molecule has 0 aliphatic rings. The SMILES string of the molecule is Cc1ccc(-c2csc(N(CCCN(C)C)C(=O)c3ccco3)n2)cc1.Cl. The number of aromatic nitrogens is 1. The van der Waals surface area contributed by atoms with Crippen LogP contribution in [0.1, 0.15) is 22.5 Å². The fourth-order valence-corrected chi connectivity index (χ4v) is 3.47. The van der Waals surface area contributed by atoms with Crippen LogP contribution in [0.2, 0.25) is 0 Å². The highest BCUT2D eigenvalue weighted by Gasteiger charge is 2.22. The third kappa shape index (κ3) is 5.42. The van der Waals surface area contributed by atoms with Crippen molar-refractivity contribution in [2.24, 2.45) is 0 Å². The van der Waals surface area contributed by atoms with E-state index in [9.17, 15) is 4.79 Å². The standard InChI is InChI=1S/C20H23N3O2S.ClH/c1-15-7-9-16(10-8-15)17-14-26-20(21-17)23(12-5-11-22(2)3)19(24)18-6-4-13-25-18;/h4,6-10,13-14H,5,11-12H2,1-3H3;1H. The molecule has 5 nitrogen and oxygen atoms in total. The van der Waals surface area contributed by atoms with Gasteiger partial charge in [-0.05, 0) is 46.1 Å². The van der Waals surface area contributed by atoms with E-state index < -0.39 is 0 Å². The molecule has 3 rings (SSSR count). The van der Waals surface area contributed by atoms with Gasteiger partial charge in [-0.1, -0.05) is 29.8 Å². The van der Waals surface area contributed by atoms with Crippen LogP contribution in [-0.2, 0) is 0 Å². The molecule has 1 amide bonds. The molecule has 2 heterocycles. The number of halogens is 1. The molecule has 7 heteroatoms. The summed E-state index contributed by atoms with van der Waals surface area (Å²) >= 11 is 1.48. The molecule has 0 radical (unpaired) electrons. The van der Waals surface area contributed by atoms with E-state index in [1.807, 2.05) is 19.5 Å². The second-order valence-electron chi connectivity index (χ2n) is 6.47. The van der Waals surface area contributed by atoms with Crippen molar-refractivity contribution in [3.8, 4) is 11.3 Å². The van der Waals surface area contributed by atoms with Gasteiger partial charge in [0.05, 0.1) is 12.0 Å². The van der Waals surface area contributed by atoms with Gasteiger partial charge in [-0.2, -0.15) is 0 Å². The lowest BCUT2D eigenvalue weighted by molar-refractivity contribution is 0.0959. The average molecular weight is 406 g/mol. The van der Waals surface area contributed by atoms with Gasteiger partial charge in [0.25, 0.3) is 5.91 Å². The molecule has 2 aromatic heterocycles. The first-order valence-corrected chi connectivity index (χ1v) is 9.45. The smallest absolute Gasteiger partial charge is 0.295 e. The van der Waals surface area contributed by atoms with Gasteiger partial charge < -0.3 is 9.32 Å². The van der Waals surface area contributed by atoms with Gasteiger partial charge in [0.2, 0.25) is 0 Å². The number of carbonyl (C=O) groups is 1. The van der Waals surface area contributed by atoms with Crippen molar-refractivity contribution in [1.82, 2.24) is 9.88 Å². The summed E-state index contributed by atoms with van der Waals surface area (Å²) in [7, 11) is 4.05. The third-order valence-corrected chi connectivity index (χ3v) is 4.90. The van der Waals surface area contributed by atoms with Crippen molar-refractivity contribution in [2.75, 3.05) is 32.1 Å². The van der Waals surface area contributed by atoms with Crippen molar-refractivity contribution in [1.29, 1.82) is 0 Å². The van der Waals surface area contributed by atoms with Crippen LogP contribution in [0, 0.1) is 6.92 Å². The van der Waals surface area contributed by atoms with Crippen LogP contribution < -0.4 is 4.90 Å². The molecule has 0 bridgehead atoms. The number of thiazole rings is 1. The molecule has 0 atom stereocenters. The Labute approximate surface area is 170 Å². The number of rotatable bonds is 7. The Kier molecular flexibility index (Phi) is 7.59. The van der Waals surface area contributed by atoms with Gasteiger partial charge in [-0.3, -0.25) is 9.69 Å². The lowest BCUT2D eigenvalue weighted by Gasteiger charge is -2.20. The highest BCUT2D eigenvalue weighted by Crippen LogP contribution is 2.29. The van der Waals surface area contributed by atoms with Crippen LogP contribution in [0.4, 0.5) is 5.13 Å². The number of hydrogen-bond acceptors (Lipinski definition) is 5. The molecule has 0 unspecified atom stereocenters. The maximum Gasteiger partial charge on any atom is 0.295 e. The molecule has 144 valence electrons. The zero-order valence-electron chi connectivity index (χ0n) is 15.7. The summed E-state index contributed by atoms with van der Waals surface area (Å²) < 4.78 is 5.31. The molecule has 0 fully saturated rings. The van der Waals surface area contributed by atoms with Crippen LogP contribution >= 0.6 is 23.7 Å². The normalized spacial score (nSPS) is 10.7. The number of aryl methyl sites for hydroxylation is 1. The molecule has 0 N–H and O–H groups in total. The van der Waals surface area contributed by atoms with Crippen LogP contribution in [0.25, 0.3) is 11.3 Å². The van der Waals surface area contributed by atoms with E-state index in [4.69, 9.17) is 9.40 Å². The van der Waals surface area contributed by atoms with Crippen LogP contribution in [0.15, 0.2) is 52.5 Å². The number of benzene rings is 1. The molecule has 1 aromatic carbocycles. The highest BCUT2D eigenvalue weighted by molar-refractivity contribution is 7.14. The third-order valence-electron chi connectivity index (χ3n) is 4.03. The summed E-state index contributed by atoms with van der Waals surface area (Å²) in [5, 5.41) is 2.69. The minimum Gasteiger partial charge on any atom is -0.459 e. The molecule has 27 heavy (non-hydrogen) atoms. The first-order chi connectivity index (χ1) is 12.5. The number of amides is 1. The summed E-state index contributed by atoms with van der Waals surface area (Å²) in [6.07, 6.45) is 2.38. The summed E-state index contributed by atoms with van der Waals surface area (Å²) in [6.45, 7) is 3.56. The first kappa shape index (κ1) is 21.2. The van der Waals surface area contributed by atoms with Crippen LogP contribution in [0.3, 0.4) is 0 Å². The summed E-state index contributed by atoms with van der Waals surface area (Å²) in [5.74, 6) is 0.181. The fourth-order valence-electron chi connectivity index (χ4n) is 2.61. The first-order valence-electron chi connectivity index (χ1n) is 8.57. The fraction of sp³-hybridized carbons (Fsp3) is 0.300. The largest absolute Gasteiger partial charge is 0.459 e. The van der Waals surface area contributed by atoms with E-state index in [1.54, 1.807) is 17.0 Å². The van der Waals surface area contributed by atoms with Gasteiger partial charge in [0, 0.05) is 17.5 Å². The molecule has 0 aliphatic carbocycles. The van der Waals surface area contributed by atoms with Gasteiger partial charge in [0.1, 0.15) is 0 Å². The Morgan fingerprint density at radius 2 is 1.89 bits per heavy atom. The number of carbonyl (C=O) groups excluding carboxylic acids is 1. The second kappa shape index (κ2) is 9.69. The van der Waals surface area contributed by atoms with E-state index in [0.717, 1.165) is 24.2 Å². The van der Waals surface area contributed by atoms with Crippen molar-refractivity contribution in [3.63, 3.8) is 0 Å². The predicted octanol–water partition coefficient (Wildman–Crippen LogP) is 4.73. The van der Waals surface area contributed by atoms with Gasteiger partial charge in [-0.25, -0.2) is 4.98 Å².